The standard InChI is InChI=1S/C18H21N5O2S2/c1-11-5-6-14(12(2)9-11)25-10-15-21-22-18(23(15)4)27-13(3)16(24)20-17-19-7-8-26-17/h5-9,13H,10H2,1-4H3,(H,19,20,24). The van der Waals surface area contributed by atoms with E-state index in [1.165, 1.54) is 28.7 Å². The van der Waals surface area contributed by atoms with E-state index >= 15 is 0 Å². The second kappa shape index (κ2) is 8.53. The number of carbonyl (C=O) groups excluding carboxylic acids is 1. The van der Waals surface area contributed by atoms with E-state index in [1.807, 2.05) is 43.0 Å². The van der Waals surface area contributed by atoms with Crippen LogP contribution in [-0.2, 0) is 18.4 Å². The second-order valence-electron chi connectivity index (χ2n) is 6.10. The third-order valence-corrected chi connectivity index (χ3v) is 5.75. The molecule has 1 atom stereocenters. The Morgan fingerprint density at radius 3 is 2.89 bits per heavy atom. The van der Waals surface area contributed by atoms with Gasteiger partial charge in [-0.2, -0.15) is 0 Å². The highest BCUT2D eigenvalue weighted by molar-refractivity contribution is 8.00. The average Bonchev–Trinajstić information content (AvgIpc) is 3.25. The predicted octanol–water partition coefficient (Wildman–Crippen LogP) is 3.59. The fraction of sp³-hybridized carbons (Fsp3) is 0.333. The highest BCUT2D eigenvalue weighted by Crippen LogP contribution is 2.24. The molecular weight excluding hydrogens is 382 g/mol. The summed E-state index contributed by atoms with van der Waals surface area (Å²) in [5.41, 5.74) is 2.28. The Morgan fingerprint density at radius 1 is 1.37 bits per heavy atom. The van der Waals surface area contributed by atoms with E-state index in [-0.39, 0.29) is 11.2 Å². The summed E-state index contributed by atoms with van der Waals surface area (Å²) in [6.45, 7) is 6.21. The minimum atomic E-state index is -0.329. The van der Waals surface area contributed by atoms with Gasteiger partial charge >= 0.3 is 0 Å². The van der Waals surface area contributed by atoms with Gasteiger partial charge in [0.2, 0.25) is 5.91 Å². The number of hydrogen-bond acceptors (Lipinski definition) is 7. The highest BCUT2D eigenvalue weighted by atomic mass is 32.2. The van der Waals surface area contributed by atoms with Crippen LogP contribution in [0.2, 0.25) is 0 Å². The van der Waals surface area contributed by atoms with Gasteiger partial charge in [-0.05, 0) is 32.4 Å². The minimum Gasteiger partial charge on any atom is -0.485 e. The number of aryl methyl sites for hydroxylation is 2. The van der Waals surface area contributed by atoms with Gasteiger partial charge < -0.3 is 14.6 Å². The summed E-state index contributed by atoms with van der Waals surface area (Å²) < 4.78 is 7.72. The van der Waals surface area contributed by atoms with Gasteiger partial charge in [0.15, 0.2) is 16.1 Å². The smallest absolute Gasteiger partial charge is 0.239 e. The van der Waals surface area contributed by atoms with Gasteiger partial charge in [-0.3, -0.25) is 4.79 Å². The molecule has 27 heavy (non-hydrogen) atoms. The van der Waals surface area contributed by atoms with Crippen LogP contribution in [0.5, 0.6) is 5.75 Å². The van der Waals surface area contributed by atoms with Gasteiger partial charge in [0.25, 0.3) is 0 Å². The maximum atomic E-state index is 12.3. The van der Waals surface area contributed by atoms with Crippen molar-refractivity contribution in [1.29, 1.82) is 0 Å². The Morgan fingerprint density at radius 2 is 2.19 bits per heavy atom. The molecule has 0 bridgehead atoms. The first-order valence-corrected chi connectivity index (χ1v) is 10.2. The lowest BCUT2D eigenvalue weighted by Gasteiger charge is -2.11. The van der Waals surface area contributed by atoms with E-state index in [4.69, 9.17) is 4.74 Å². The van der Waals surface area contributed by atoms with E-state index in [0.29, 0.717) is 22.7 Å². The van der Waals surface area contributed by atoms with Crippen molar-refractivity contribution in [2.45, 2.75) is 37.8 Å². The Kier molecular flexibility index (Phi) is 6.12. The molecule has 0 saturated heterocycles. The van der Waals surface area contributed by atoms with Gasteiger partial charge in [-0.15, -0.1) is 21.5 Å². The number of hydrogen-bond donors (Lipinski definition) is 1. The topological polar surface area (TPSA) is 81.9 Å². The molecule has 0 saturated carbocycles. The number of nitrogens with zero attached hydrogens (tertiary/aromatic N) is 4. The summed E-state index contributed by atoms with van der Waals surface area (Å²) >= 11 is 2.73. The molecule has 7 nitrogen and oxygen atoms in total. The van der Waals surface area contributed by atoms with Gasteiger partial charge in [0.05, 0.1) is 5.25 Å². The molecule has 9 heteroatoms. The van der Waals surface area contributed by atoms with Crippen LogP contribution in [0.25, 0.3) is 0 Å². The van der Waals surface area contributed by atoms with E-state index in [1.54, 1.807) is 6.20 Å². The molecule has 0 radical (unpaired) electrons. The summed E-state index contributed by atoms with van der Waals surface area (Å²) in [5.74, 6) is 1.41. The molecule has 1 amide bonds. The summed E-state index contributed by atoms with van der Waals surface area (Å²) in [6, 6.07) is 6.06. The number of amides is 1. The Hall–Kier alpha value is -2.39. The number of thioether (sulfide) groups is 1. The van der Waals surface area contributed by atoms with Gasteiger partial charge in [-0.25, -0.2) is 4.98 Å². The van der Waals surface area contributed by atoms with E-state index in [2.05, 4.69) is 33.5 Å². The first-order chi connectivity index (χ1) is 12.9. The van der Waals surface area contributed by atoms with Crippen LogP contribution in [0.15, 0.2) is 34.9 Å². The quantitative estimate of drug-likeness (QED) is 0.607. The Labute approximate surface area is 166 Å². The number of carbonyl (C=O) groups is 1. The van der Waals surface area contributed by atoms with Gasteiger partial charge in [0, 0.05) is 18.6 Å². The fourth-order valence-corrected chi connectivity index (χ4v) is 3.75. The molecule has 1 N–H and O–H groups in total. The number of rotatable bonds is 7. The summed E-state index contributed by atoms with van der Waals surface area (Å²) in [6.07, 6.45) is 1.66. The van der Waals surface area contributed by atoms with Crippen molar-refractivity contribution in [3.8, 4) is 5.75 Å². The normalized spacial score (nSPS) is 12.0. The summed E-state index contributed by atoms with van der Waals surface area (Å²) in [7, 11) is 1.87. The molecule has 142 valence electrons. The maximum Gasteiger partial charge on any atom is 0.239 e. The molecule has 0 aliphatic rings. The van der Waals surface area contributed by atoms with Crippen LogP contribution >= 0.6 is 23.1 Å². The molecule has 3 rings (SSSR count). The zero-order valence-electron chi connectivity index (χ0n) is 15.6. The first-order valence-electron chi connectivity index (χ1n) is 8.39. The van der Waals surface area contributed by atoms with E-state index in [9.17, 15) is 4.79 Å². The van der Waals surface area contributed by atoms with Crippen molar-refractivity contribution in [2.24, 2.45) is 7.05 Å². The van der Waals surface area contributed by atoms with Crippen LogP contribution in [-0.4, -0.2) is 30.9 Å². The minimum absolute atomic E-state index is 0.119. The third kappa shape index (κ3) is 4.86. The average molecular weight is 404 g/mol. The second-order valence-corrected chi connectivity index (χ2v) is 8.30. The zero-order valence-corrected chi connectivity index (χ0v) is 17.2. The number of thiazole rings is 1. The maximum absolute atomic E-state index is 12.3. The predicted molar refractivity (Wildman–Crippen MR) is 107 cm³/mol. The molecule has 0 aliphatic heterocycles. The van der Waals surface area contributed by atoms with Crippen molar-refractivity contribution in [2.75, 3.05) is 5.32 Å². The van der Waals surface area contributed by atoms with Crippen LogP contribution in [0.1, 0.15) is 23.9 Å². The molecule has 3 aromatic rings. The molecule has 1 unspecified atom stereocenters. The monoisotopic (exact) mass is 403 g/mol. The third-order valence-electron chi connectivity index (χ3n) is 3.93. The molecule has 0 aliphatic carbocycles. The first kappa shape index (κ1) is 19.4. The van der Waals surface area contributed by atoms with E-state index < -0.39 is 0 Å². The van der Waals surface area contributed by atoms with Crippen LogP contribution in [0.4, 0.5) is 5.13 Å². The van der Waals surface area contributed by atoms with Gasteiger partial charge in [0.1, 0.15) is 12.4 Å². The summed E-state index contributed by atoms with van der Waals surface area (Å²) in [4.78, 5) is 16.3. The number of benzene rings is 1. The lowest BCUT2D eigenvalue weighted by Crippen LogP contribution is -2.22. The lowest BCUT2D eigenvalue weighted by atomic mass is 10.1. The molecular formula is C18H21N5O2S2. The van der Waals surface area contributed by atoms with Crippen molar-refractivity contribution < 1.29 is 9.53 Å². The lowest BCUT2D eigenvalue weighted by molar-refractivity contribution is -0.115. The fourth-order valence-electron chi connectivity index (χ4n) is 2.38. The SMILES string of the molecule is Cc1ccc(OCc2nnc(SC(C)C(=O)Nc3nccs3)n2C)c(C)c1. The molecule has 0 spiro atoms. The zero-order chi connectivity index (χ0) is 19.4. The van der Waals surface area contributed by atoms with Crippen LogP contribution in [0, 0.1) is 13.8 Å². The Bertz CT molecular complexity index is 924. The molecule has 0 fully saturated rings. The summed E-state index contributed by atoms with van der Waals surface area (Å²) in [5, 5.41) is 13.9. The van der Waals surface area contributed by atoms with Crippen LogP contribution < -0.4 is 10.1 Å². The largest absolute Gasteiger partial charge is 0.485 e. The number of nitrogens with one attached hydrogen (secondary N) is 1. The van der Waals surface area contributed by atoms with Crippen molar-refractivity contribution >= 4 is 34.1 Å². The molecule has 2 heterocycles. The van der Waals surface area contributed by atoms with Gasteiger partial charge in [-0.1, -0.05) is 29.5 Å². The number of ether oxygens (including phenoxy) is 1. The van der Waals surface area contributed by atoms with E-state index in [0.717, 1.165) is 11.3 Å². The van der Waals surface area contributed by atoms with Crippen molar-refractivity contribution in [3.63, 3.8) is 0 Å². The van der Waals surface area contributed by atoms with Crippen molar-refractivity contribution in [3.05, 3.63) is 46.7 Å². The van der Waals surface area contributed by atoms with Crippen LogP contribution in [0.3, 0.4) is 0 Å². The Balaban J connectivity index is 1.60. The number of aromatic nitrogens is 4. The molecule has 2 aromatic heterocycles. The number of anilines is 1. The highest BCUT2D eigenvalue weighted by Gasteiger charge is 2.19. The van der Waals surface area contributed by atoms with Crippen molar-refractivity contribution in [1.82, 2.24) is 19.7 Å². The molecule has 1 aromatic carbocycles.